The van der Waals surface area contributed by atoms with Crippen LogP contribution in [-0.4, -0.2) is 51.2 Å². The topological polar surface area (TPSA) is 43.8 Å². The summed E-state index contributed by atoms with van der Waals surface area (Å²) in [7, 11) is 0. The van der Waals surface area contributed by atoms with E-state index in [4.69, 9.17) is 0 Å². The Balaban J connectivity index is 1.45. The van der Waals surface area contributed by atoms with Crippen LogP contribution < -0.4 is 0 Å². The van der Waals surface area contributed by atoms with Gasteiger partial charge in [0, 0.05) is 19.1 Å². The molecule has 4 bridgehead atoms. The quantitative estimate of drug-likeness (QED) is 0.809. The Hall–Kier alpha value is -0.770. The first kappa shape index (κ1) is 13.6. The summed E-state index contributed by atoms with van der Waals surface area (Å²) in [6.07, 6.45) is 8.95. The maximum Gasteiger partial charge on any atom is 0.320 e. The molecule has 122 valence electrons. The molecule has 4 heteroatoms. The van der Waals surface area contributed by atoms with E-state index in [-0.39, 0.29) is 5.54 Å². The van der Waals surface area contributed by atoms with Crippen LogP contribution in [0.5, 0.6) is 0 Å². The Kier molecular flexibility index (Phi) is 2.60. The first-order valence-electron chi connectivity index (χ1n) is 9.28. The third kappa shape index (κ3) is 1.70. The second-order valence-corrected chi connectivity index (χ2v) is 9.20. The number of urea groups is 1. The summed E-state index contributed by atoms with van der Waals surface area (Å²) in [5, 5.41) is 10.8. The van der Waals surface area contributed by atoms with E-state index in [0.29, 0.717) is 23.9 Å². The van der Waals surface area contributed by atoms with Crippen LogP contribution in [0.15, 0.2) is 0 Å². The molecule has 1 N–H and O–H groups in total. The fourth-order valence-corrected chi connectivity index (χ4v) is 6.96. The molecule has 6 fully saturated rings. The lowest BCUT2D eigenvalue weighted by Crippen LogP contribution is -2.62. The highest BCUT2D eigenvalue weighted by molar-refractivity contribution is 5.79. The van der Waals surface area contributed by atoms with Crippen molar-refractivity contribution in [2.24, 2.45) is 17.8 Å². The van der Waals surface area contributed by atoms with E-state index in [2.05, 4.69) is 16.7 Å². The van der Waals surface area contributed by atoms with Gasteiger partial charge < -0.3 is 14.9 Å². The van der Waals surface area contributed by atoms with Crippen LogP contribution in [0.4, 0.5) is 4.79 Å². The van der Waals surface area contributed by atoms with Crippen LogP contribution in [0.25, 0.3) is 0 Å². The maximum atomic E-state index is 13.0. The van der Waals surface area contributed by atoms with Gasteiger partial charge in [-0.3, -0.25) is 0 Å². The number of rotatable bonds is 1. The smallest absolute Gasteiger partial charge is 0.320 e. The van der Waals surface area contributed by atoms with E-state index in [1.165, 1.54) is 19.3 Å². The number of piperidine rings is 1. The Morgan fingerprint density at radius 3 is 2.50 bits per heavy atom. The Morgan fingerprint density at radius 1 is 1.14 bits per heavy atom. The third-order valence-electron chi connectivity index (χ3n) is 7.54. The van der Waals surface area contributed by atoms with E-state index in [1.54, 1.807) is 0 Å². The van der Waals surface area contributed by atoms with Gasteiger partial charge in [-0.05, 0) is 76.0 Å². The molecule has 0 radical (unpaired) electrons. The summed E-state index contributed by atoms with van der Waals surface area (Å²) < 4.78 is 0. The molecule has 0 aromatic carbocycles. The maximum absolute atomic E-state index is 13.0. The monoisotopic (exact) mass is 304 g/mol. The zero-order valence-electron chi connectivity index (χ0n) is 13.6. The molecular weight excluding hydrogens is 276 g/mol. The second-order valence-electron chi connectivity index (χ2n) is 9.20. The van der Waals surface area contributed by atoms with Gasteiger partial charge in [0.15, 0.2) is 0 Å². The molecule has 4 nitrogen and oxygen atoms in total. The molecule has 4 saturated carbocycles. The number of hydrogen-bond donors (Lipinski definition) is 1. The van der Waals surface area contributed by atoms with Crippen molar-refractivity contribution in [2.75, 3.05) is 13.1 Å². The van der Waals surface area contributed by atoms with Gasteiger partial charge in [0.05, 0.1) is 11.1 Å². The fraction of sp³-hybridized carbons (Fsp3) is 0.944. The Morgan fingerprint density at radius 2 is 1.86 bits per heavy atom. The third-order valence-corrected chi connectivity index (χ3v) is 7.54. The highest BCUT2D eigenvalue weighted by Crippen LogP contribution is 2.57. The van der Waals surface area contributed by atoms with Gasteiger partial charge >= 0.3 is 6.03 Å². The number of carbonyl (C=O) groups excluding carboxylic acids is 1. The summed E-state index contributed by atoms with van der Waals surface area (Å²) in [5.41, 5.74) is -0.326. The number of carbonyl (C=O) groups is 1. The minimum Gasteiger partial charge on any atom is -0.390 e. The number of fused-ring (bicyclic) bond motifs is 1. The van der Waals surface area contributed by atoms with Crippen molar-refractivity contribution in [3.8, 4) is 0 Å². The molecule has 2 amide bonds. The van der Waals surface area contributed by atoms with E-state index < -0.39 is 5.60 Å². The lowest BCUT2D eigenvalue weighted by Gasteiger charge is -2.59. The fourth-order valence-electron chi connectivity index (χ4n) is 6.96. The van der Waals surface area contributed by atoms with Crippen LogP contribution in [0, 0.1) is 17.8 Å². The average molecular weight is 304 g/mol. The molecule has 2 aliphatic heterocycles. The van der Waals surface area contributed by atoms with Crippen molar-refractivity contribution >= 4 is 6.03 Å². The van der Waals surface area contributed by atoms with E-state index in [9.17, 15) is 9.90 Å². The summed E-state index contributed by atoms with van der Waals surface area (Å²) in [4.78, 5) is 17.4. The van der Waals surface area contributed by atoms with Crippen LogP contribution >= 0.6 is 0 Å². The second kappa shape index (κ2) is 4.19. The van der Waals surface area contributed by atoms with E-state index in [0.717, 1.165) is 51.1 Å². The molecule has 4 aliphatic carbocycles. The van der Waals surface area contributed by atoms with Gasteiger partial charge in [0.25, 0.3) is 0 Å². The number of aliphatic hydroxyl groups is 1. The lowest BCUT2D eigenvalue weighted by molar-refractivity contribution is -0.152. The first-order chi connectivity index (χ1) is 10.5. The van der Waals surface area contributed by atoms with Crippen molar-refractivity contribution in [3.63, 3.8) is 0 Å². The molecule has 22 heavy (non-hydrogen) atoms. The summed E-state index contributed by atoms with van der Waals surface area (Å²) in [6, 6.07) is 0.707. The Labute approximate surface area is 132 Å². The standard InChI is InChI=1S/C18H28N2O2/c1-17-4-2-3-5-20(17)16(21)19(11-17)15-13-6-12-7-14(15)10-18(22,8-12)9-13/h12-15,22H,2-11H2,1H3. The largest absolute Gasteiger partial charge is 0.390 e. The van der Waals surface area contributed by atoms with Crippen LogP contribution in [0.3, 0.4) is 0 Å². The molecule has 6 aliphatic rings. The molecule has 2 saturated heterocycles. The van der Waals surface area contributed by atoms with Crippen molar-refractivity contribution in [1.82, 2.24) is 9.80 Å². The predicted molar refractivity (Wildman–Crippen MR) is 83.4 cm³/mol. The highest BCUT2D eigenvalue weighted by atomic mass is 16.3. The molecule has 3 unspecified atom stereocenters. The van der Waals surface area contributed by atoms with Crippen molar-refractivity contribution in [2.45, 2.75) is 75.5 Å². The average Bonchev–Trinajstić information content (AvgIpc) is 2.69. The molecule has 2 heterocycles. The zero-order chi connectivity index (χ0) is 15.1. The van der Waals surface area contributed by atoms with Gasteiger partial charge in [-0.25, -0.2) is 4.79 Å². The molecular formula is C18H28N2O2. The van der Waals surface area contributed by atoms with E-state index in [1.807, 2.05) is 0 Å². The molecule has 0 aromatic rings. The van der Waals surface area contributed by atoms with Crippen LogP contribution in [0.2, 0.25) is 0 Å². The first-order valence-corrected chi connectivity index (χ1v) is 9.28. The highest BCUT2D eigenvalue weighted by Gasteiger charge is 2.59. The van der Waals surface area contributed by atoms with Gasteiger partial charge in [-0.2, -0.15) is 0 Å². The Bertz CT molecular complexity index is 505. The summed E-state index contributed by atoms with van der Waals surface area (Å²) in [6.45, 7) is 4.15. The van der Waals surface area contributed by atoms with Gasteiger partial charge in [0.1, 0.15) is 0 Å². The van der Waals surface area contributed by atoms with Crippen LogP contribution in [0.1, 0.15) is 58.3 Å². The normalized spacial score (nSPS) is 53.3. The van der Waals surface area contributed by atoms with Gasteiger partial charge in [0.2, 0.25) is 0 Å². The summed E-state index contributed by atoms with van der Waals surface area (Å²) >= 11 is 0. The summed E-state index contributed by atoms with van der Waals surface area (Å²) in [5.74, 6) is 1.81. The van der Waals surface area contributed by atoms with Crippen molar-refractivity contribution < 1.29 is 9.90 Å². The SMILES string of the molecule is CC12CCCCN1C(=O)N(C1C3CC4CC1CC(O)(C4)C3)C2. The predicted octanol–water partition coefficient (Wildman–Crippen LogP) is 2.61. The number of nitrogens with zero attached hydrogens (tertiary/aromatic N) is 2. The van der Waals surface area contributed by atoms with Crippen molar-refractivity contribution in [3.05, 3.63) is 0 Å². The molecule has 6 rings (SSSR count). The van der Waals surface area contributed by atoms with E-state index >= 15 is 0 Å². The molecule has 0 aromatic heterocycles. The molecule has 0 spiro atoms. The van der Waals surface area contributed by atoms with Crippen molar-refractivity contribution in [1.29, 1.82) is 0 Å². The number of amides is 2. The lowest BCUT2D eigenvalue weighted by atomic mass is 9.52. The molecule has 3 atom stereocenters. The number of hydrogen-bond acceptors (Lipinski definition) is 2. The zero-order valence-corrected chi connectivity index (χ0v) is 13.6. The van der Waals surface area contributed by atoms with Gasteiger partial charge in [-0.15, -0.1) is 0 Å². The minimum absolute atomic E-state index is 0.0703. The minimum atomic E-state index is -0.396. The van der Waals surface area contributed by atoms with Gasteiger partial charge in [-0.1, -0.05) is 0 Å². The van der Waals surface area contributed by atoms with Crippen LogP contribution in [-0.2, 0) is 0 Å².